The minimum Gasteiger partial charge on any atom is -0.326 e. The van der Waals surface area contributed by atoms with Gasteiger partial charge in [-0.2, -0.15) is 13.2 Å². The molecule has 1 saturated heterocycles. The summed E-state index contributed by atoms with van der Waals surface area (Å²) in [6.45, 7) is 0.415. The van der Waals surface area contributed by atoms with Gasteiger partial charge in [0.2, 0.25) is 0 Å². The summed E-state index contributed by atoms with van der Waals surface area (Å²) in [7, 11) is 0. The van der Waals surface area contributed by atoms with Crippen LogP contribution in [0.2, 0.25) is 0 Å². The number of rotatable bonds is 0. The number of piperidine rings is 1. The summed E-state index contributed by atoms with van der Waals surface area (Å²) in [4.78, 5) is 0. The van der Waals surface area contributed by atoms with Crippen LogP contribution in [0.5, 0.6) is 0 Å². The molecule has 0 radical (unpaired) electrons. The van der Waals surface area contributed by atoms with Gasteiger partial charge in [-0.05, 0) is 19.4 Å². The standard InChI is InChI=1S/C6H11F3N2/c7-6(8,9)5-4(10)2-1-3-11-5/h4-5,11H,1-3,10H2/t4-,5+/m1/s1. The molecule has 2 nitrogen and oxygen atoms in total. The van der Waals surface area contributed by atoms with Crippen LogP contribution in [0.15, 0.2) is 0 Å². The van der Waals surface area contributed by atoms with Gasteiger partial charge >= 0.3 is 6.18 Å². The lowest BCUT2D eigenvalue weighted by Gasteiger charge is -2.31. The molecule has 0 aliphatic carbocycles. The molecule has 11 heavy (non-hydrogen) atoms. The van der Waals surface area contributed by atoms with Crippen LogP contribution in [0.3, 0.4) is 0 Å². The molecule has 5 heteroatoms. The maximum absolute atomic E-state index is 12.0. The molecule has 0 unspecified atom stereocenters. The van der Waals surface area contributed by atoms with Gasteiger partial charge in [-0.15, -0.1) is 0 Å². The molecule has 3 N–H and O–H groups in total. The third kappa shape index (κ3) is 2.07. The first kappa shape index (κ1) is 8.80. The van der Waals surface area contributed by atoms with E-state index in [-0.39, 0.29) is 0 Å². The average Bonchev–Trinajstić information content (AvgIpc) is 1.86. The van der Waals surface area contributed by atoms with Crippen LogP contribution < -0.4 is 11.1 Å². The quantitative estimate of drug-likeness (QED) is 0.556. The summed E-state index contributed by atoms with van der Waals surface area (Å²) in [6.07, 6.45) is -3.01. The van der Waals surface area contributed by atoms with Crippen molar-refractivity contribution in [3.63, 3.8) is 0 Å². The Morgan fingerprint density at radius 1 is 1.36 bits per heavy atom. The van der Waals surface area contributed by atoms with Gasteiger partial charge in [-0.25, -0.2) is 0 Å². The van der Waals surface area contributed by atoms with E-state index in [4.69, 9.17) is 5.73 Å². The van der Waals surface area contributed by atoms with Crippen molar-refractivity contribution in [3.8, 4) is 0 Å². The molecular weight excluding hydrogens is 157 g/mol. The van der Waals surface area contributed by atoms with Crippen LogP contribution in [0.1, 0.15) is 12.8 Å². The number of nitrogens with two attached hydrogens (primary N) is 1. The molecule has 0 spiro atoms. The second-order valence-corrected chi connectivity index (χ2v) is 2.78. The van der Waals surface area contributed by atoms with Crippen LogP contribution in [0.25, 0.3) is 0 Å². The van der Waals surface area contributed by atoms with Gasteiger partial charge in [-0.1, -0.05) is 0 Å². The largest absolute Gasteiger partial charge is 0.405 e. The van der Waals surface area contributed by atoms with Gasteiger partial charge in [0.25, 0.3) is 0 Å². The molecule has 1 aliphatic heterocycles. The minimum atomic E-state index is -4.19. The van der Waals surface area contributed by atoms with Crippen molar-refractivity contribution < 1.29 is 13.2 Å². The lowest BCUT2D eigenvalue weighted by Crippen LogP contribution is -2.57. The third-order valence-corrected chi connectivity index (χ3v) is 1.86. The van der Waals surface area contributed by atoms with Gasteiger partial charge in [0.1, 0.15) is 6.04 Å². The van der Waals surface area contributed by atoms with Gasteiger partial charge in [0, 0.05) is 6.04 Å². The molecule has 1 fully saturated rings. The van der Waals surface area contributed by atoms with Crippen molar-refractivity contribution in [1.82, 2.24) is 5.32 Å². The highest BCUT2D eigenvalue weighted by Crippen LogP contribution is 2.25. The Bertz CT molecular complexity index is 134. The number of hydrogen-bond donors (Lipinski definition) is 2. The first-order chi connectivity index (χ1) is 5.02. The minimum absolute atomic E-state index is 0.415. The van der Waals surface area contributed by atoms with E-state index in [0.29, 0.717) is 13.0 Å². The maximum atomic E-state index is 12.0. The van der Waals surface area contributed by atoms with E-state index in [2.05, 4.69) is 5.32 Å². The molecule has 2 atom stereocenters. The Morgan fingerprint density at radius 3 is 2.36 bits per heavy atom. The van der Waals surface area contributed by atoms with Gasteiger partial charge in [0.15, 0.2) is 0 Å². The number of nitrogens with one attached hydrogen (secondary N) is 1. The zero-order valence-electron chi connectivity index (χ0n) is 5.99. The molecule has 66 valence electrons. The maximum Gasteiger partial charge on any atom is 0.405 e. The SMILES string of the molecule is N[C@@H]1CCCN[C@@H]1C(F)(F)F. The monoisotopic (exact) mass is 168 g/mol. The first-order valence-electron chi connectivity index (χ1n) is 3.57. The van der Waals surface area contributed by atoms with Crippen molar-refractivity contribution >= 4 is 0 Å². The third-order valence-electron chi connectivity index (χ3n) is 1.86. The van der Waals surface area contributed by atoms with Crippen LogP contribution in [-0.2, 0) is 0 Å². The molecule has 0 bridgehead atoms. The van der Waals surface area contributed by atoms with E-state index in [1.807, 2.05) is 0 Å². The van der Waals surface area contributed by atoms with E-state index < -0.39 is 18.3 Å². The fourth-order valence-corrected chi connectivity index (χ4v) is 1.27. The van der Waals surface area contributed by atoms with E-state index in [1.54, 1.807) is 0 Å². The molecule has 0 aromatic carbocycles. The van der Waals surface area contributed by atoms with Crippen molar-refractivity contribution in [3.05, 3.63) is 0 Å². The summed E-state index contributed by atoms with van der Waals surface area (Å²) in [5, 5.41) is 2.36. The average molecular weight is 168 g/mol. The van der Waals surface area contributed by atoms with Crippen molar-refractivity contribution in [2.24, 2.45) is 5.73 Å². The van der Waals surface area contributed by atoms with Gasteiger partial charge in [0.05, 0.1) is 0 Å². The zero-order valence-corrected chi connectivity index (χ0v) is 5.99. The predicted octanol–water partition coefficient (Wildman–Crippen LogP) is 0.628. The Kier molecular flexibility index (Phi) is 2.39. The summed E-state index contributed by atoms with van der Waals surface area (Å²) in [6, 6.07) is -2.28. The fourth-order valence-electron chi connectivity index (χ4n) is 1.27. The fraction of sp³-hybridized carbons (Fsp3) is 1.00. The highest BCUT2D eigenvalue weighted by molar-refractivity contribution is 4.88. The summed E-state index contributed by atoms with van der Waals surface area (Å²) in [5.74, 6) is 0. The van der Waals surface area contributed by atoms with Gasteiger partial charge in [-0.3, -0.25) is 0 Å². The Morgan fingerprint density at radius 2 is 2.00 bits per heavy atom. The molecule has 0 aromatic heterocycles. The van der Waals surface area contributed by atoms with Crippen LogP contribution in [0, 0.1) is 0 Å². The van der Waals surface area contributed by atoms with Crippen LogP contribution in [0.4, 0.5) is 13.2 Å². The lowest BCUT2D eigenvalue weighted by atomic mass is 9.99. The molecular formula is C6H11F3N2. The molecule has 0 saturated carbocycles. The number of alkyl halides is 3. The summed E-state index contributed by atoms with van der Waals surface area (Å²) in [5.41, 5.74) is 5.28. The van der Waals surface area contributed by atoms with E-state index in [1.165, 1.54) is 0 Å². The summed E-state index contributed by atoms with van der Waals surface area (Å²) < 4.78 is 36.1. The topological polar surface area (TPSA) is 38.0 Å². The van der Waals surface area contributed by atoms with Crippen molar-refractivity contribution in [1.29, 1.82) is 0 Å². The predicted molar refractivity (Wildman–Crippen MR) is 35.1 cm³/mol. The smallest absolute Gasteiger partial charge is 0.326 e. The van der Waals surface area contributed by atoms with Gasteiger partial charge < -0.3 is 11.1 Å². The molecule has 1 rings (SSSR count). The van der Waals surface area contributed by atoms with E-state index >= 15 is 0 Å². The van der Waals surface area contributed by atoms with Crippen molar-refractivity contribution in [2.45, 2.75) is 31.1 Å². The summed E-state index contributed by atoms with van der Waals surface area (Å²) >= 11 is 0. The number of hydrogen-bond acceptors (Lipinski definition) is 2. The Labute approximate surface area is 62.9 Å². The van der Waals surface area contributed by atoms with Crippen molar-refractivity contribution in [2.75, 3.05) is 6.54 Å². The Balaban J connectivity index is 2.55. The lowest BCUT2D eigenvalue weighted by molar-refractivity contribution is -0.163. The Hall–Kier alpha value is -0.290. The molecule has 1 aliphatic rings. The van der Waals surface area contributed by atoms with E-state index in [9.17, 15) is 13.2 Å². The first-order valence-corrected chi connectivity index (χ1v) is 3.57. The number of halogens is 3. The normalized spacial score (nSPS) is 33.8. The molecule has 0 amide bonds. The molecule has 0 aromatic rings. The second-order valence-electron chi connectivity index (χ2n) is 2.78. The highest BCUT2D eigenvalue weighted by Gasteiger charge is 2.44. The van der Waals surface area contributed by atoms with E-state index in [0.717, 1.165) is 6.42 Å². The van der Waals surface area contributed by atoms with Crippen LogP contribution >= 0.6 is 0 Å². The zero-order chi connectivity index (χ0) is 8.48. The van der Waals surface area contributed by atoms with Crippen LogP contribution in [-0.4, -0.2) is 24.8 Å². The second kappa shape index (κ2) is 2.98. The molecule has 1 heterocycles. The highest BCUT2D eigenvalue weighted by atomic mass is 19.4.